The Labute approximate surface area is 239 Å². The number of hydrogen-bond donors (Lipinski definition) is 2. The van der Waals surface area contributed by atoms with Gasteiger partial charge in [-0.05, 0) is 72.2 Å². The number of fused-ring (bicyclic) bond motifs is 1. The van der Waals surface area contributed by atoms with Crippen LogP contribution in [0.2, 0.25) is 0 Å². The van der Waals surface area contributed by atoms with Gasteiger partial charge in [-0.1, -0.05) is 56.3 Å². The summed E-state index contributed by atoms with van der Waals surface area (Å²) in [6.45, 7) is 7.96. The van der Waals surface area contributed by atoms with Gasteiger partial charge in [0, 0.05) is 10.9 Å². The van der Waals surface area contributed by atoms with Crippen LogP contribution in [0.4, 0.5) is 5.69 Å². The Morgan fingerprint density at radius 3 is 2.41 bits per heavy atom. The predicted octanol–water partition coefficient (Wildman–Crippen LogP) is 7.01. The summed E-state index contributed by atoms with van der Waals surface area (Å²) in [6, 6.07) is 20.6. The van der Waals surface area contributed by atoms with Crippen LogP contribution in [0, 0.1) is 6.92 Å². The number of benzene rings is 4. The van der Waals surface area contributed by atoms with Gasteiger partial charge < -0.3 is 19.7 Å². The number of ketones is 1. The average molecular weight is 552 g/mol. The highest BCUT2D eigenvalue weighted by Crippen LogP contribution is 2.46. The molecule has 7 heteroatoms. The van der Waals surface area contributed by atoms with Gasteiger partial charge in [-0.25, -0.2) is 0 Å². The number of aliphatic hydroxyl groups excluding tert-OH is 1. The monoisotopic (exact) mass is 551 g/mol. The van der Waals surface area contributed by atoms with Gasteiger partial charge in [0.1, 0.15) is 11.5 Å². The molecule has 2 N–H and O–H groups in total. The molecule has 5 rings (SSSR count). The second-order valence-corrected chi connectivity index (χ2v) is 10.4. The summed E-state index contributed by atoms with van der Waals surface area (Å²) < 4.78 is 11.2. The molecule has 0 aromatic heterocycles. The Hall–Kier alpha value is -4.78. The molecule has 210 valence electrons. The molecule has 1 aliphatic rings. The van der Waals surface area contributed by atoms with Gasteiger partial charge in [0.2, 0.25) is 0 Å². The van der Waals surface area contributed by atoms with Crippen LogP contribution in [0.25, 0.3) is 16.5 Å². The molecule has 1 unspecified atom stereocenters. The molecule has 0 aliphatic carbocycles. The van der Waals surface area contributed by atoms with Crippen molar-refractivity contribution in [1.29, 1.82) is 0 Å². The largest absolute Gasteiger partial charge is 0.507 e. The lowest BCUT2D eigenvalue weighted by Crippen LogP contribution is -2.29. The molecule has 1 heterocycles. The van der Waals surface area contributed by atoms with E-state index in [-0.39, 0.29) is 28.7 Å². The molecule has 4 aromatic carbocycles. The fourth-order valence-corrected chi connectivity index (χ4v) is 5.51. The van der Waals surface area contributed by atoms with Crippen LogP contribution in [0.1, 0.15) is 55.0 Å². The van der Waals surface area contributed by atoms with Gasteiger partial charge in [-0.15, -0.1) is 0 Å². The van der Waals surface area contributed by atoms with Gasteiger partial charge in [0.25, 0.3) is 11.7 Å². The number of ether oxygens (including phenoxy) is 2. The number of amides is 1. The maximum Gasteiger partial charge on any atom is 0.300 e. The number of carbonyl (C=O) groups excluding carboxylic acids is 2. The van der Waals surface area contributed by atoms with Crippen molar-refractivity contribution in [3.05, 3.63) is 101 Å². The number of aliphatic hydroxyl groups is 1. The summed E-state index contributed by atoms with van der Waals surface area (Å²) in [4.78, 5) is 29.1. The minimum Gasteiger partial charge on any atom is -0.507 e. The standard InChI is InChI=1S/C34H33NO6/c1-6-41-29-17-22(14-15-27(29)36)31-30(32(37)25-18-24(19(2)3)28(40-5)16-20(25)4)33(38)34(39)35(31)26-13-9-11-21-10-7-8-12-23(21)26/h7-19,31,36-37H,6H2,1-5H3/b32-30+. The van der Waals surface area contributed by atoms with Crippen LogP contribution >= 0.6 is 0 Å². The highest BCUT2D eigenvalue weighted by molar-refractivity contribution is 6.52. The SMILES string of the molecule is CCOc1cc(C2/C(=C(\O)c3cc(C(C)C)c(OC)cc3C)C(=O)C(=O)N2c2cccc3ccccc23)ccc1O. The zero-order valence-corrected chi connectivity index (χ0v) is 23.8. The van der Waals surface area contributed by atoms with E-state index in [4.69, 9.17) is 9.47 Å². The highest BCUT2D eigenvalue weighted by Gasteiger charge is 2.47. The Morgan fingerprint density at radius 1 is 0.976 bits per heavy atom. The summed E-state index contributed by atoms with van der Waals surface area (Å²) in [6.07, 6.45) is 0. The molecule has 0 bridgehead atoms. The molecule has 0 saturated carbocycles. The number of nitrogens with zero attached hydrogens (tertiary/aromatic N) is 1. The van der Waals surface area contributed by atoms with E-state index in [1.54, 1.807) is 32.2 Å². The quantitative estimate of drug-likeness (QED) is 0.146. The van der Waals surface area contributed by atoms with Crippen molar-refractivity contribution >= 4 is 33.9 Å². The van der Waals surface area contributed by atoms with E-state index in [1.807, 2.05) is 69.3 Å². The molecule has 4 aromatic rings. The number of methoxy groups -OCH3 is 1. The predicted molar refractivity (Wildman–Crippen MR) is 160 cm³/mol. The van der Waals surface area contributed by atoms with E-state index in [1.165, 1.54) is 11.0 Å². The number of aryl methyl sites for hydroxylation is 1. The fourth-order valence-electron chi connectivity index (χ4n) is 5.51. The number of hydrogen-bond acceptors (Lipinski definition) is 6. The normalized spacial score (nSPS) is 16.5. The molecule has 1 atom stereocenters. The minimum absolute atomic E-state index is 0.0426. The lowest BCUT2D eigenvalue weighted by atomic mass is 9.90. The topological polar surface area (TPSA) is 96.3 Å². The number of Topliss-reactive ketones (excluding diaryl/α,β-unsaturated/α-hetero) is 1. The Bertz CT molecular complexity index is 1700. The Kier molecular flexibility index (Phi) is 7.45. The second kappa shape index (κ2) is 11.0. The van der Waals surface area contributed by atoms with E-state index in [0.717, 1.165) is 16.3 Å². The minimum atomic E-state index is -0.982. The third-order valence-corrected chi connectivity index (χ3v) is 7.52. The maximum absolute atomic E-state index is 13.8. The first-order chi connectivity index (χ1) is 19.7. The Balaban J connectivity index is 1.81. The van der Waals surface area contributed by atoms with E-state index in [9.17, 15) is 19.8 Å². The lowest BCUT2D eigenvalue weighted by molar-refractivity contribution is -0.132. The van der Waals surface area contributed by atoms with E-state index in [2.05, 4.69) is 0 Å². The van der Waals surface area contributed by atoms with Crippen LogP contribution < -0.4 is 14.4 Å². The van der Waals surface area contributed by atoms with Crippen molar-refractivity contribution < 1.29 is 29.3 Å². The zero-order chi connectivity index (χ0) is 29.4. The first-order valence-corrected chi connectivity index (χ1v) is 13.6. The number of phenolic OH excluding ortho intramolecular Hbond substituents is 1. The van der Waals surface area contributed by atoms with Crippen molar-refractivity contribution in [3.63, 3.8) is 0 Å². The molecule has 7 nitrogen and oxygen atoms in total. The summed E-state index contributed by atoms with van der Waals surface area (Å²) in [5.41, 5.74) is 3.00. The fraction of sp³-hybridized carbons (Fsp3) is 0.235. The van der Waals surface area contributed by atoms with Crippen LogP contribution in [-0.4, -0.2) is 35.6 Å². The smallest absolute Gasteiger partial charge is 0.300 e. The van der Waals surface area contributed by atoms with Crippen molar-refractivity contribution in [2.75, 3.05) is 18.6 Å². The molecule has 1 aliphatic heterocycles. The molecule has 0 radical (unpaired) electrons. The summed E-state index contributed by atoms with van der Waals surface area (Å²) in [7, 11) is 1.59. The van der Waals surface area contributed by atoms with E-state index < -0.39 is 17.7 Å². The first kappa shape index (κ1) is 27.8. The number of rotatable bonds is 7. The summed E-state index contributed by atoms with van der Waals surface area (Å²) >= 11 is 0. The van der Waals surface area contributed by atoms with Gasteiger partial charge in [0.05, 0.1) is 31.0 Å². The third-order valence-electron chi connectivity index (χ3n) is 7.52. The van der Waals surface area contributed by atoms with E-state index >= 15 is 0 Å². The summed E-state index contributed by atoms with van der Waals surface area (Å²) in [5, 5.41) is 24.0. The number of phenols is 1. The second-order valence-electron chi connectivity index (χ2n) is 10.4. The van der Waals surface area contributed by atoms with Gasteiger partial charge >= 0.3 is 0 Å². The van der Waals surface area contributed by atoms with E-state index in [0.29, 0.717) is 34.7 Å². The molecule has 41 heavy (non-hydrogen) atoms. The van der Waals surface area contributed by atoms with Crippen LogP contribution in [0.3, 0.4) is 0 Å². The van der Waals surface area contributed by atoms with Crippen molar-refractivity contribution in [3.8, 4) is 17.2 Å². The van der Waals surface area contributed by atoms with Crippen LogP contribution in [0.15, 0.2) is 78.4 Å². The molecule has 1 fully saturated rings. The Morgan fingerprint density at radius 2 is 1.71 bits per heavy atom. The number of carbonyl (C=O) groups is 2. The zero-order valence-electron chi connectivity index (χ0n) is 23.8. The average Bonchev–Trinajstić information content (AvgIpc) is 3.23. The van der Waals surface area contributed by atoms with Crippen molar-refractivity contribution in [2.24, 2.45) is 0 Å². The van der Waals surface area contributed by atoms with Gasteiger partial charge in [-0.2, -0.15) is 0 Å². The number of aromatic hydroxyl groups is 1. The van der Waals surface area contributed by atoms with Gasteiger partial charge in [-0.3, -0.25) is 14.5 Å². The maximum atomic E-state index is 13.8. The first-order valence-electron chi connectivity index (χ1n) is 13.6. The summed E-state index contributed by atoms with van der Waals surface area (Å²) in [5.74, 6) is -0.911. The molecular weight excluding hydrogens is 518 g/mol. The molecule has 1 saturated heterocycles. The molecule has 0 spiro atoms. The van der Waals surface area contributed by atoms with Crippen molar-refractivity contribution in [2.45, 2.75) is 39.7 Å². The lowest BCUT2D eigenvalue weighted by Gasteiger charge is -2.27. The number of anilines is 1. The van der Waals surface area contributed by atoms with Crippen LogP contribution in [-0.2, 0) is 9.59 Å². The van der Waals surface area contributed by atoms with Crippen LogP contribution in [0.5, 0.6) is 17.2 Å². The molecular formula is C34H33NO6. The van der Waals surface area contributed by atoms with Crippen molar-refractivity contribution in [1.82, 2.24) is 0 Å². The van der Waals surface area contributed by atoms with Gasteiger partial charge in [0.15, 0.2) is 11.5 Å². The third kappa shape index (κ3) is 4.78. The molecule has 1 amide bonds. The highest BCUT2D eigenvalue weighted by atomic mass is 16.5.